The van der Waals surface area contributed by atoms with Crippen molar-refractivity contribution in [2.75, 3.05) is 6.26 Å². The van der Waals surface area contributed by atoms with Gasteiger partial charge in [0.15, 0.2) is 0 Å². The summed E-state index contributed by atoms with van der Waals surface area (Å²) in [7, 11) is 0. The van der Waals surface area contributed by atoms with Crippen LogP contribution in [0.1, 0.15) is 65.7 Å². The van der Waals surface area contributed by atoms with E-state index in [0.29, 0.717) is 12.2 Å². The third kappa shape index (κ3) is 2.75. The van der Waals surface area contributed by atoms with Gasteiger partial charge in [0.05, 0.1) is 23.4 Å². The van der Waals surface area contributed by atoms with Gasteiger partial charge in [0.2, 0.25) is 0 Å². The first kappa shape index (κ1) is 15.8. The highest BCUT2D eigenvalue weighted by Crippen LogP contribution is 2.57. The Morgan fingerprint density at radius 2 is 1.45 bits per heavy atom. The number of epoxide rings is 2. The summed E-state index contributed by atoms with van der Waals surface area (Å²) in [4.78, 5) is 0. The summed E-state index contributed by atoms with van der Waals surface area (Å²) in [5.41, 5.74) is 0.474. The molecular formula is C19H32O2S. The molecule has 3 heteroatoms. The van der Waals surface area contributed by atoms with Crippen LogP contribution < -0.4 is 0 Å². The molecule has 4 rings (SSSR count). The molecule has 7 atom stereocenters. The van der Waals surface area contributed by atoms with E-state index in [1.807, 2.05) is 11.8 Å². The van der Waals surface area contributed by atoms with Crippen molar-refractivity contribution in [1.82, 2.24) is 0 Å². The molecule has 22 heavy (non-hydrogen) atoms. The number of thioether (sulfide) groups is 1. The smallest absolute Gasteiger partial charge is 0.0923 e. The molecule has 2 nitrogen and oxygen atoms in total. The zero-order valence-corrected chi connectivity index (χ0v) is 15.5. The normalized spacial score (nSPS) is 52.4. The van der Waals surface area contributed by atoms with Crippen LogP contribution in [-0.2, 0) is 9.47 Å². The Hall–Kier alpha value is 0.270. The first-order valence-corrected chi connectivity index (χ1v) is 10.6. The second kappa shape index (κ2) is 5.39. The van der Waals surface area contributed by atoms with E-state index in [4.69, 9.17) is 9.47 Å². The Morgan fingerprint density at radius 3 is 1.86 bits per heavy atom. The van der Waals surface area contributed by atoms with Gasteiger partial charge in [-0.25, -0.2) is 0 Å². The lowest BCUT2D eigenvalue weighted by molar-refractivity contribution is 0.118. The van der Waals surface area contributed by atoms with Gasteiger partial charge in [-0.05, 0) is 82.8 Å². The van der Waals surface area contributed by atoms with Crippen molar-refractivity contribution in [2.24, 2.45) is 17.8 Å². The second-order valence-corrected chi connectivity index (χ2v) is 10.1. The molecule has 126 valence electrons. The van der Waals surface area contributed by atoms with E-state index in [2.05, 4.69) is 27.0 Å². The molecule has 0 aromatic heterocycles. The van der Waals surface area contributed by atoms with Crippen LogP contribution in [0.2, 0.25) is 0 Å². The lowest BCUT2D eigenvalue weighted by Crippen LogP contribution is -2.36. The first-order chi connectivity index (χ1) is 10.4. The van der Waals surface area contributed by atoms with Crippen molar-refractivity contribution >= 4 is 11.8 Å². The number of hydrogen-bond acceptors (Lipinski definition) is 3. The minimum Gasteiger partial charge on any atom is -0.366 e. The zero-order valence-electron chi connectivity index (χ0n) is 14.6. The molecular weight excluding hydrogens is 292 g/mol. The van der Waals surface area contributed by atoms with Crippen LogP contribution in [0.5, 0.6) is 0 Å². The Labute approximate surface area is 140 Å². The summed E-state index contributed by atoms with van der Waals surface area (Å²) in [6, 6.07) is 0. The number of hydrogen-bond donors (Lipinski definition) is 0. The van der Waals surface area contributed by atoms with E-state index in [1.54, 1.807) is 0 Å². The molecule has 0 aromatic rings. The molecule has 0 aromatic carbocycles. The highest BCUT2D eigenvalue weighted by atomic mass is 32.2. The highest BCUT2D eigenvalue weighted by Gasteiger charge is 2.59. The molecule has 0 amide bonds. The Kier molecular flexibility index (Phi) is 3.86. The molecule has 2 saturated carbocycles. The summed E-state index contributed by atoms with van der Waals surface area (Å²) in [5, 5.41) is 0.779. The Morgan fingerprint density at radius 1 is 0.955 bits per heavy atom. The van der Waals surface area contributed by atoms with Crippen LogP contribution in [-0.4, -0.2) is 34.9 Å². The van der Waals surface area contributed by atoms with Gasteiger partial charge in [-0.3, -0.25) is 0 Å². The van der Waals surface area contributed by atoms with E-state index in [0.717, 1.165) is 23.0 Å². The summed E-state index contributed by atoms with van der Waals surface area (Å²) >= 11 is 2.04. The fourth-order valence-electron chi connectivity index (χ4n) is 5.63. The maximum atomic E-state index is 5.98. The second-order valence-electron chi connectivity index (χ2n) is 8.87. The molecule has 2 saturated heterocycles. The lowest BCUT2D eigenvalue weighted by atomic mass is 9.65. The maximum Gasteiger partial charge on any atom is 0.0923 e. The van der Waals surface area contributed by atoms with Gasteiger partial charge in [-0.1, -0.05) is 6.92 Å². The first-order valence-electron chi connectivity index (χ1n) is 9.32. The molecule has 7 unspecified atom stereocenters. The van der Waals surface area contributed by atoms with Crippen LogP contribution in [0.4, 0.5) is 0 Å². The van der Waals surface area contributed by atoms with Crippen LogP contribution in [0.25, 0.3) is 0 Å². The van der Waals surface area contributed by atoms with Crippen molar-refractivity contribution in [3.8, 4) is 0 Å². The van der Waals surface area contributed by atoms with Gasteiger partial charge in [-0.15, -0.1) is 0 Å². The predicted molar refractivity (Wildman–Crippen MR) is 92.3 cm³/mol. The van der Waals surface area contributed by atoms with Gasteiger partial charge in [0.1, 0.15) is 0 Å². The van der Waals surface area contributed by atoms with Gasteiger partial charge in [-0.2, -0.15) is 11.8 Å². The van der Waals surface area contributed by atoms with Crippen LogP contribution in [0.3, 0.4) is 0 Å². The molecule has 0 bridgehead atoms. The molecule has 0 N–H and O–H groups in total. The predicted octanol–water partition coefficient (Wildman–Crippen LogP) is 4.66. The van der Waals surface area contributed by atoms with Gasteiger partial charge >= 0.3 is 0 Å². The van der Waals surface area contributed by atoms with E-state index >= 15 is 0 Å². The Bertz CT molecular complexity index is 407. The number of fused-ring (bicyclic) bond motifs is 2. The molecule has 2 heterocycles. The average molecular weight is 325 g/mol. The zero-order chi connectivity index (χ0) is 15.5. The summed E-state index contributed by atoms with van der Waals surface area (Å²) in [5.74, 6) is 2.64. The standard InChI is InChI=1S/C19H32O2S/c1-12(22-4)9-15(13-5-7-16-18(2,10-13)20-16)14-6-8-17-19(3,11-14)21-17/h12-17H,5-11H2,1-4H3. The largest absolute Gasteiger partial charge is 0.366 e. The van der Waals surface area contributed by atoms with Crippen molar-refractivity contribution in [3.63, 3.8) is 0 Å². The van der Waals surface area contributed by atoms with Crippen molar-refractivity contribution in [1.29, 1.82) is 0 Å². The van der Waals surface area contributed by atoms with Gasteiger partial charge in [0.25, 0.3) is 0 Å². The van der Waals surface area contributed by atoms with Crippen LogP contribution in [0, 0.1) is 17.8 Å². The molecule has 0 spiro atoms. The van der Waals surface area contributed by atoms with Crippen LogP contribution in [0.15, 0.2) is 0 Å². The lowest BCUT2D eigenvalue weighted by Gasteiger charge is -2.39. The van der Waals surface area contributed by atoms with Gasteiger partial charge in [0, 0.05) is 5.25 Å². The van der Waals surface area contributed by atoms with E-state index < -0.39 is 0 Å². The molecule has 4 fully saturated rings. The highest BCUT2D eigenvalue weighted by molar-refractivity contribution is 7.99. The minimum atomic E-state index is 0.237. The van der Waals surface area contributed by atoms with Crippen molar-refractivity contribution in [2.45, 2.75) is 94.4 Å². The van der Waals surface area contributed by atoms with E-state index in [-0.39, 0.29) is 11.2 Å². The van der Waals surface area contributed by atoms with Crippen molar-refractivity contribution < 1.29 is 9.47 Å². The van der Waals surface area contributed by atoms with E-state index in [9.17, 15) is 0 Å². The summed E-state index contributed by atoms with van der Waals surface area (Å²) in [6.45, 7) is 7.11. The SMILES string of the molecule is CSC(C)CC(C1CCC2OC2(C)C1)C1CCC2OC2(C)C1. The van der Waals surface area contributed by atoms with E-state index in [1.165, 1.54) is 44.9 Å². The molecule has 0 radical (unpaired) electrons. The van der Waals surface area contributed by atoms with Gasteiger partial charge < -0.3 is 9.47 Å². The molecule has 2 aliphatic heterocycles. The maximum absolute atomic E-state index is 5.98. The fraction of sp³-hybridized carbons (Fsp3) is 1.00. The summed E-state index contributed by atoms with van der Waals surface area (Å²) in [6.07, 6.45) is 12.8. The molecule has 2 aliphatic carbocycles. The fourth-order valence-corrected chi connectivity index (χ4v) is 6.04. The number of ether oxygens (including phenoxy) is 2. The topological polar surface area (TPSA) is 25.1 Å². The molecule has 4 aliphatic rings. The van der Waals surface area contributed by atoms with Crippen molar-refractivity contribution in [3.05, 3.63) is 0 Å². The number of rotatable bonds is 5. The summed E-state index contributed by atoms with van der Waals surface area (Å²) < 4.78 is 12.0. The quantitative estimate of drug-likeness (QED) is 0.688. The minimum absolute atomic E-state index is 0.237. The average Bonchev–Trinajstić information content (AvgIpc) is 3.35. The third-order valence-corrected chi connectivity index (χ3v) is 8.22. The third-order valence-electron chi connectivity index (χ3n) is 7.22. The monoisotopic (exact) mass is 324 g/mol. The van der Waals surface area contributed by atoms with Crippen LogP contribution >= 0.6 is 11.8 Å². The Balaban J connectivity index is 1.48.